The number of benzene rings is 1. The van der Waals surface area contributed by atoms with Crippen LogP contribution in [-0.4, -0.2) is 26.1 Å². The van der Waals surface area contributed by atoms with Crippen molar-refractivity contribution < 1.29 is 0 Å². The maximum Gasteiger partial charge on any atom is 0.258 e. The Bertz CT molecular complexity index is 1080. The highest BCUT2D eigenvalue weighted by Crippen LogP contribution is 2.23. The van der Waals surface area contributed by atoms with Gasteiger partial charge in [0.1, 0.15) is 5.82 Å². The molecule has 2 aromatic heterocycles. The molecule has 0 fully saturated rings. The first-order chi connectivity index (χ1) is 13.1. The Balaban J connectivity index is 1.64. The molecule has 0 atom stereocenters. The number of pyridine rings is 1. The summed E-state index contributed by atoms with van der Waals surface area (Å²) in [6.45, 7) is 2.32. The molecule has 4 rings (SSSR count). The van der Waals surface area contributed by atoms with E-state index in [0.717, 1.165) is 22.0 Å². The summed E-state index contributed by atoms with van der Waals surface area (Å²) in [6, 6.07) is 11.6. The molecular weight excluding hydrogens is 382 g/mol. The summed E-state index contributed by atoms with van der Waals surface area (Å²) in [4.78, 5) is 21.6. The molecule has 0 bridgehead atoms. The molecule has 0 spiro atoms. The Hall–Kier alpha value is -2.48. The van der Waals surface area contributed by atoms with Crippen molar-refractivity contribution in [2.45, 2.75) is 19.6 Å². The van der Waals surface area contributed by atoms with Crippen LogP contribution in [0.1, 0.15) is 16.7 Å². The summed E-state index contributed by atoms with van der Waals surface area (Å²) in [5, 5.41) is 4.09. The molecule has 27 heavy (non-hydrogen) atoms. The Morgan fingerprint density at radius 2 is 2.04 bits per heavy atom. The SMILES string of the molecule is O=c1[nH]c(=S)n(Cc2cccnc2)c2c1CN(Cc1ccccc1Cl)CN2. The fourth-order valence-electron chi connectivity index (χ4n) is 3.23. The van der Waals surface area contributed by atoms with E-state index in [1.54, 1.807) is 12.4 Å². The van der Waals surface area contributed by atoms with E-state index in [2.05, 4.69) is 20.2 Å². The van der Waals surface area contributed by atoms with Crippen molar-refractivity contribution in [3.05, 3.63) is 85.6 Å². The summed E-state index contributed by atoms with van der Waals surface area (Å²) in [5.41, 5.74) is 2.56. The van der Waals surface area contributed by atoms with E-state index in [0.29, 0.717) is 36.6 Å². The highest BCUT2D eigenvalue weighted by Gasteiger charge is 2.22. The number of aromatic nitrogens is 3. The predicted octanol–water partition coefficient (Wildman–Crippen LogP) is 3.39. The van der Waals surface area contributed by atoms with Crippen molar-refractivity contribution in [3.63, 3.8) is 0 Å². The van der Waals surface area contributed by atoms with Crippen LogP contribution in [-0.2, 0) is 19.6 Å². The minimum atomic E-state index is -0.159. The van der Waals surface area contributed by atoms with Gasteiger partial charge < -0.3 is 9.88 Å². The van der Waals surface area contributed by atoms with Crippen LogP contribution in [0.2, 0.25) is 5.02 Å². The average molecular weight is 400 g/mol. The lowest BCUT2D eigenvalue weighted by Gasteiger charge is -2.31. The Morgan fingerprint density at radius 3 is 2.81 bits per heavy atom. The van der Waals surface area contributed by atoms with Crippen molar-refractivity contribution in [1.82, 2.24) is 19.4 Å². The smallest absolute Gasteiger partial charge is 0.258 e. The highest BCUT2D eigenvalue weighted by atomic mass is 35.5. The molecule has 3 heterocycles. The molecule has 1 aliphatic rings. The fourth-order valence-corrected chi connectivity index (χ4v) is 3.68. The summed E-state index contributed by atoms with van der Waals surface area (Å²) in [7, 11) is 0. The van der Waals surface area contributed by atoms with E-state index >= 15 is 0 Å². The van der Waals surface area contributed by atoms with E-state index in [-0.39, 0.29) is 5.56 Å². The highest BCUT2D eigenvalue weighted by molar-refractivity contribution is 7.71. The third-order valence-corrected chi connectivity index (χ3v) is 5.25. The topological polar surface area (TPSA) is 66.0 Å². The number of nitrogens with zero attached hydrogens (tertiary/aromatic N) is 3. The van der Waals surface area contributed by atoms with Crippen molar-refractivity contribution in [2.75, 3.05) is 12.0 Å². The van der Waals surface area contributed by atoms with Gasteiger partial charge in [0, 0.05) is 30.5 Å². The molecule has 0 unspecified atom stereocenters. The second-order valence-corrected chi connectivity index (χ2v) is 7.24. The van der Waals surface area contributed by atoms with Crippen LogP contribution in [0, 0.1) is 4.77 Å². The van der Waals surface area contributed by atoms with Gasteiger partial charge in [0.2, 0.25) is 0 Å². The number of hydrogen-bond acceptors (Lipinski definition) is 5. The number of anilines is 1. The van der Waals surface area contributed by atoms with Gasteiger partial charge in [-0.3, -0.25) is 19.7 Å². The molecule has 0 amide bonds. The number of halogens is 1. The van der Waals surface area contributed by atoms with Crippen LogP contribution >= 0.6 is 23.8 Å². The van der Waals surface area contributed by atoms with Crippen LogP contribution in [0.5, 0.6) is 0 Å². The van der Waals surface area contributed by atoms with Crippen molar-refractivity contribution >= 4 is 29.6 Å². The average Bonchev–Trinajstić information content (AvgIpc) is 2.68. The zero-order valence-corrected chi connectivity index (χ0v) is 16.1. The predicted molar refractivity (Wildman–Crippen MR) is 108 cm³/mol. The summed E-state index contributed by atoms with van der Waals surface area (Å²) in [5.74, 6) is 0.767. The maximum absolute atomic E-state index is 12.5. The summed E-state index contributed by atoms with van der Waals surface area (Å²) < 4.78 is 2.31. The lowest BCUT2D eigenvalue weighted by Crippen LogP contribution is -2.39. The molecular formula is C19H18ClN5OS. The molecule has 1 aliphatic heterocycles. The lowest BCUT2D eigenvalue weighted by molar-refractivity contribution is 0.263. The van der Waals surface area contributed by atoms with E-state index in [1.807, 2.05) is 41.0 Å². The quantitative estimate of drug-likeness (QED) is 0.658. The number of H-pyrrole nitrogens is 1. The van der Waals surface area contributed by atoms with Gasteiger partial charge in [-0.05, 0) is 35.5 Å². The number of aromatic amines is 1. The fraction of sp³-hybridized carbons (Fsp3) is 0.211. The molecule has 6 nitrogen and oxygen atoms in total. The van der Waals surface area contributed by atoms with Crippen LogP contribution in [0.4, 0.5) is 5.82 Å². The zero-order chi connectivity index (χ0) is 18.8. The van der Waals surface area contributed by atoms with Crippen molar-refractivity contribution in [3.8, 4) is 0 Å². The molecule has 0 saturated carbocycles. The van der Waals surface area contributed by atoms with Gasteiger partial charge in [-0.2, -0.15) is 0 Å². The number of nitrogens with one attached hydrogen (secondary N) is 2. The Morgan fingerprint density at radius 1 is 1.19 bits per heavy atom. The third-order valence-electron chi connectivity index (χ3n) is 4.56. The molecule has 2 N–H and O–H groups in total. The van der Waals surface area contributed by atoms with Gasteiger partial charge in [0.15, 0.2) is 4.77 Å². The summed E-state index contributed by atoms with van der Waals surface area (Å²) >= 11 is 11.7. The van der Waals surface area contributed by atoms with Gasteiger partial charge in [0.25, 0.3) is 5.56 Å². The van der Waals surface area contributed by atoms with Crippen LogP contribution in [0.3, 0.4) is 0 Å². The summed E-state index contributed by atoms with van der Waals surface area (Å²) in [6.07, 6.45) is 3.53. The molecule has 0 saturated heterocycles. The number of fused-ring (bicyclic) bond motifs is 1. The zero-order valence-electron chi connectivity index (χ0n) is 14.5. The third kappa shape index (κ3) is 3.80. The standard InChI is InChI=1S/C19H18ClN5OS/c20-16-6-2-1-5-14(16)10-24-11-15-17(22-12-24)25(19(27)23-18(15)26)9-13-4-3-7-21-8-13/h1-8,22H,9-12H2,(H,23,26,27). The van der Waals surface area contributed by atoms with E-state index in [1.165, 1.54) is 0 Å². The number of rotatable bonds is 4. The Labute approximate surface area is 166 Å². The Kier molecular flexibility index (Phi) is 5.07. The first kappa shape index (κ1) is 17.9. The van der Waals surface area contributed by atoms with Crippen LogP contribution in [0.15, 0.2) is 53.6 Å². The lowest BCUT2D eigenvalue weighted by atomic mass is 10.1. The van der Waals surface area contributed by atoms with Gasteiger partial charge in [0.05, 0.1) is 18.8 Å². The second-order valence-electron chi connectivity index (χ2n) is 6.45. The van der Waals surface area contributed by atoms with Crippen LogP contribution in [0.25, 0.3) is 0 Å². The molecule has 138 valence electrons. The minimum absolute atomic E-state index is 0.159. The molecule has 1 aromatic carbocycles. The van der Waals surface area contributed by atoms with Gasteiger partial charge in [-0.1, -0.05) is 35.9 Å². The second kappa shape index (κ2) is 7.64. The molecule has 8 heteroatoms. The van der Waals surface area contributed by atoms with Crippen molar-refractivity contribution in [1.29, 1.82) is 0 Å². The van der Waals surface area contributed by atoms with E-state index in [4.69, 9.17) is 23.8 Å². The van der Waals surface area contributed by atoms with Crippen LogP contribution < -0.4 is 10.9 Å². The monoisotopic (exact) mass is 399 g/mol. The first-order valence-corrected chi connectivity index (χ1v) is 9.35. The van der Waals surface area contributed by atoms with E-state index < -0.39 is 0 Å². The normalized spacial score (nSPS) is 13.8. The van der Waals surface area contributed by atoms with E-state index in [9.17, 15) is 4.79 Å². The molecule has 0 aliphatic carbocycles. The van der Waals surface area contributed by atoms with Gasteiger partial charge in [-0.15, -0.1) is 0 Å². The first-order valence-electron chi connectivity index (χ1n) is 8.56. The van der Waals surface area contributed by atoms with Gasteiger partial charge >= 0.3 is 0 Å². The van der Waals surface area contributed by atoms with Crippen molar-refractivity contribution in [2.24, 2.45) is 0 Å². The minimum Gasteiger partial charge on any atom is -0.358 e. The molecule has 0 radical (unpaired) electrons. The van der Waals surface area contributed by atoms with Gasteiger partial charge in [-0.25, -0.2) is 0 Å². The molecule has 3 aromatic rings. The maximum atomic E-state index is 12.5. The largest absolute Gasteiger partial charge is 0.358 e. The number of hydrogen-bond donors (Lipinski definition) is 2.